The molecule has 1 fully saturated rings. The van der Waals surface area contributed by atoms with Gasteiger partial charge in [0.25, 0.3) is 0 Å². The maximum absolute atomic E-state index is 5.29. The Morgan fingerprint density at radius 1 is 1.32 bits per heavy atom. The third kappa shape index (κ3) is 3.71. The molecule has 0 saturated carbocycles. The van der Waals surface area contributed by atoms with Crippen LogP contribution in [0.15, 0.2) is 24.3 Å². The maximum atomic E-state index is 5.29. The molecular formula is C16H26N2O. The molecule has 0 spiro atoms. The SMILES string of the molecule is COc1cccc(C(C)NC2CCN(C(C)C)C2)c1. The number of hydrogen-bond acceptors (Lipinski definition) is 3. The first-order valence-corrected chi connectivity index (χ1v) is 7.24. The summed E-state index contributed by atoms with van der Waals surface area (Å²) in [6.07, 6.45) is 1.24. The van der Waals surface area contributed by atoms with Crippen molar-refractivity contribution in [1.82, 2.24) is 10.2 Å². The first kappa shape index (κ1) is 14.4. The summed E-state index contributed by atoms with van der Waals surface area (Å²) < 4.78 is 5.29. The number of nitrogens with zero attached hydrogens (tertiary/aromatic N) is 1. The molecule has 1 heterocycles. The van der Waals surface area contributed by atoms with Crippen LogP contribution in [0.2, 0.25) is 0 Å². The predicted octanol–water partition coefficient (Wildman–Crippen LogP) is 2.83. The minimum absolute atomic E-state index is 0.368. The number of nitrogens with one attached hydrogen (secondary N) is 1. The topological polar surface area (TPSA) is 24.5 Å². The second-order valence-corrected chi connectivity index (χ2v) is 5.74. The second-order valence-electron chi connectivity index (χ2n) is 5.74. The molecule has 0 aromatic heterocycles. The van der Waals surface area contributed by atoms with Gasteiger partial charge in [-0.2, -0.15) is 0 Å². The van der Waals surface area contributed by atoms with Gasteiger partial charge in [0, 0.05) is 24.7 Å². The number of methoxy groups -OCH3 is 1. The van der Waals surface area contributed by atoms with Crippen molar-refractivity contribution < 1.29 is 4.74 Å². The average Bonchev–Trinajstić information content (AvgIpc) is 2.87. The second kappa shape index (κ2) is 6.40. The number of benzene rings is 1. The summed E-state index contributed by atoms with van der Waals surface area (Å²) in [7, 11) is 1.72. The summed E-state index contributed by atoms with van der Waals surface area (Å²) in [5.41, 5.74) is 1.29. The standard InChI is InChI=1S/C16H26N2O/c1-12(2)18-9-8-15(11-18)17-13(3)14-6-5-7-16(10-14)19-4/h5-7,10,12-13,15,17H,8-9,11H2,1-4H3. The molecule has 2 atom stereocenters. The van der Waals surface area contributed by atoms with Crippen molar-refractivity contribution in [3.05, 3.63) is 29.8 Å². The van der Waals surface area contributed by atoms with Crippen molar-refractivity contribution in [3.8, 4) is 5.75 Å². The Morgan fingerprint density at radius 3 is 2.74 bits per heavy atom. The summed E-state index contributed by atoms with van der Waals surface area (Å²) in [6.45, 7) is 9.14. The molecule has 3 nitrogen and oxygen atoms in total. The fraction of sp³-hybridized carbons (Fsp3) is 0.625. The molecule has 106 valence electrons. The zero-order valence-electron chi connectivity index (χ0n) is 12.5. The van der Waals surface area contributed by atoms with E-state index in [4.69, 9.17) is 4.74 Å². The van der Waals surface area contributed by atoms with Gasteiger partial charge in [-0.15, -0.1) is 0 Å². The monoisotopic (exact) mass is 262 g/mol. The Bertz CT molecular complexity index is 405. The summed E-state index contributed by atoms with van der Waals surface area (Å²) in [5, 5.41) is 3.73. The van der Waals surface area contributed by atoms with Gasteiger partial charge in [-0.05, 0) is 51.4 Å². The third-order valence-corrected chi connectivity index (χ3v) is 4.03. The number of rotatable bonds is 5. The van der Waals surface area contributed by atoms with Crippen molar-refractivity contribution in [2.45, 2.75) is 45.3 Å². The molecule has 0 bridgehead atoms. The summed E-state index contributed by atoms with van der Waals surface area (Å²) in [4.78, 5) is 2.54. The summed E-state index contributed by atoms with van der Waals surface area (Å²) in [5.74, 6) is 0.932. The lowest BCUT2D eigenvalue weighted by Gasteiger charge is -2.23. The molecule has 3 heteroatoms. The van der Waals surface area contributed by atoms with Crippen molar-refractivity contribution in [2.75, 3.05) is 20.2 Å². The lowest BCUT2D eigenvalue weighted by molar-refractivity contribution is 0.266. The zero-order valence-corrected chi connectivity index (χ0v) is 12.5. The Balaban J connectivity index is 1.92. The molecular weight excluding hydrogens is 236 g/mol. The van der Waals surface area contributed by atoms with Crippen LogP contribution >= 0.6 is 0 Å². The largest absolute Gasteiger partial charge is 0.497 e. The molecule has 1 saturated heterocycles. The fourth-order valence-corrected chi connectivity index (χ4v) is 2.75. The van der Waals surface area contributed by atoms with E-state index in [1.165, 1.54) is 18.5 Å². The van der Waals surface area contributed by atoms with Gasteiger partial charge in [-0.3, -0.25) is 4.90 Å². The quantitative estimate of drug-likeness (QED) is 0.883. The Labute approximate surface area is 116 Å². The highest BCUT2D eigenvalue weighted by Crippen LogP contribution is 2.21. The number of hydrogen-bond donors (Lipinski definition) is 1. The molecule has 19 heavy (non-hydrogen) atoms. The van der Waals surface area contributed by atoms with Crippen molar-refractivity contribution in [3.63, 3.8) is 0 Å². The minimum atomic E-state index is 0.368. The highest BCUT2D eigenvalue weighted by Gasteiger charge is 2.25. The van der Waals surface area contributed by atoms with Gasteiger partial charge >= 0.3 is 0 Å². The first-order valence-electron chi connectivity index (χ1n) is 7.24. The maximum Gasteiger partial charge on any atom is 0.119 e. The van der Waals surface area contributed by atoms with Crippen LogP contribution in [0.4, 0.5) is 0 Å². The van der Waals surface area contributed by atoms with Gasteiger partial charge in [0.15, 0.2) is 0 Å². The number of likely N-dealkylation sites (tertiary alicyclic amines) is 1. The summed E-state index contributed by atoms with van der Waals surface area (Å²) in [6, 6.07) is 9.95. The van der Waals surface area contributed by atoms with Gasteiger partial charge in [0.2, 0.25) is 0 Å². The van der Waals surface area contributed by atoms with E-state index in [0.717, 1.165) is 12.3 Å². The van der Waals surface area contributed by atoms with E-state index in [1.54, 1.807) is 7.11 Å². The van der Waals surface area contributed by atoms with Crippen LogP contribution in [0.5, 0.6) is 5.75 Å². The van der Waals surface area contributed by atoms with Crippen LogP contribution < -0.4 is 10.1 Å². The normalized spacial score (nSPS) is 21.8. The van der Waals surface area contributed by atoms with E-state index in [-0.39, 0.29) is 0 Å². The van der Waals surface area contributed by atoms with Gasteiger partial charge in [-0.25, -0.2) is 0 Å². The van der Waals surface area contributed by atoms with Crippen molar-refractivity contribution in [2.24, 2.45) is 0 Å². The highest BCUT2D eigenvalue weighted by atomic mass is 16.5. The van der Waals surface area contributed by atoms with E-state index < -0.39 is 0 Å². The van der Waals surface area contributed by atoms with E-state index in [2.05, 4.69) is 49.2 Å². The molecule has 2 unspecified atom stereocenters. The van der Waals surface area contributed by atoms with Crippen LogP contribution in [0.25, 0.3) is 0 Å². The predicted molar refractivity (Wildman–Crippen MR) is 79.7 cm³/mol. The first-order chi connectivity index (χ1) is 9.10. The molecule has 1 aromatic carbocycles. The molecule has 0 amide bonds. The van der Waals surface area contributed by atoms with E-state index in [9.17, 15) is 0 Å². The van der Waals surface area contributed by atoms with Crippen molar-refractivity contribution >= 4 is 0 Å². The highest BCUT2D eigenvalue weighted by molar-refractivity contribution is 5.30. The van der Waals surface area contributed by atoms with Gasteiger partial charge < -0.3 is 10.1 Å². The molecule has 0 aliphatic carbocycles. The van der Waals surface area contributed by atoms with Gasteiger partial charge in [0.05, 0.1) is 7.11 Å². The van der Waals surface area contributed by atoms with Crippen molar-refractivity contribution in [1.29, 1.82) is 0 Å². The van der Waals surface area contributed by atoms with Gasteiger partial charge in [0.1, 0.15) is 5.75 Å². The molecule has 1 aliphatic rings. The third-order valence-electron chi connectivity index (χ3n) is 4.03. The lowest BCUT2D eigenvalue weighted by atomic mass is 10.1. The molecule has 1 aromatic rings. The lowest BCUT2D eigenvalue weighted by Crippen LogP contribution is -2.36. The fourth-order valence-electron chi connectivity index (χ4n) is 2.75. The minimum Gasteiger partial charge on any atom is -0.497 e. The van der Waals surface area contributed by atoms with E-state index in [0.29, 0.717) is 18.1 Å². The van der Waals surface area contributed by atoms with E-state index >= 15 is 0 Å². The Morgan fingerprint density at radius 2 is 2.11 bits per heavy atom. The van der Waals surface area contributed by atoms with E-state index in [1.807, 2.05) is 6.07 Å². The zero-order chi connectivity index (χ0) is 13.8. The average molecular weight is 262 g/mol. The van der Waals surface area contributed by atoms with Crippen LogP contribution in [-0.2, 0) is 0 Å². The summed E-state index contributed by atoms with van der Waals surface area (Å²) >= 11 is 0. The molecule has 1 aliphatic heterocycles. The van der Waals surface area contributed by atoms with Crippen LogP contribution in [0.3, 0.4) is 0 Å². The molecule has 0 radical (unpaired) electrons. The van der Waals surface area contributed by atoms with Crippen LogP contribution in [0.1, 0.15) is 38.8 Å². The number of ether oxygens (including phenoxy) is 1. The van der Waals surface area contributed by atoms with Crippen LogP contribution in [-0.4, -0.2) is 37.2 Å². The Kier molecular flexibility index (Phi) is 4.83. The molecule has 2 rings (SSSR count). The Hall–Kier alpha value is -1.06. The van der Waals surface area contributed by atoms with Gasteiger partial charge in [-0.1, -0.05) is 12.1 Å². The smallest absolute Gasteiger partial charge is 0.119 e. The molecule has 1 N–H and O–H groups in total. The van der Waals surface area contributed by atoms with Crippen LogP contribution in [0, 0.1) is 0 Å².